The Labute approximate surface area is 175 Å². The maximum Gasteiger partial charge on any atom is 0.340 e. The number of ether oxygens (including phenoxy) is 1. The zero-order chi connectivity index (χ0) is 22.1. The lowest BCUT2D eigenvalue weighted by Gasteiger charge is -2.18. The van der Waals surface area contributed by atoms with Crippen molar-refractivity contribution in [3.05, 3.63) is 33.1 Å². The molecule has 4 atom stereocenters. The topological polar surface area (TPSA) is 131 Å². The predicted octanol–water partition coefficient (Wildman–Crippen LogP) is 1.18. The van der Waals surface area contributed by atoms with E-state index >= 15 is 0 Å². The van der Waals surface area contributed by atoms with E-state index in [0.29, 0.717) is 11.0 Å². The van der Waals surface area contributed by atoms with Crippen LogP contribution >= 0.6 is 0 Å². The van der Waals surface area contributed by atoms with Gasteiger partial charge in [0, 0.05) is 18.7 Å². The van der Waals surface area contributed by atoms with Gasteiger partial charge in [-0.3, -0.25) is 14.2 Å². The highest BCUT2D eigenvalue weighted by atomic mass is 16.6. The molecule has 0 bridgehead atoms. The number of rotatable bonds is 12. The zero-order valence-corrected chi connectivity index (χ0v) is 17.6. The Morgan fingerprint density at radius 2 is 1.60 bits per heavy atom. The van der Waals surface area contributed by atoms with E-state index in [0.717, 1.165) is 36.1 Å². The molecule has 3 N–H and O–H groups in total. The fourth-order valence-electron chi connectivity index (χ4n) is 3.72. The number of unbranched alkanes of at least 4 members (excludes halogenated alkanes) is 8. The van der Waals surface area contributed by atoms with Gasteiger partial charge in [-0.2, -0.15) is 4.57 Å². The number of hydrogen-bond donors (Lipinski definition) is 3. The molecule has 0 aromatic carbocycles. The molecule has 9 nitrogen and oxygen atoms in total. The first-order valence-corrected chi connectivity index (χ1v) is 10.9. The Hall–Kier alpha value is -1.81. The van der Waals surface area contributed by atoms with Crippen LogP contribution in [0.15, 0.2) is 21.9 Å². The first-order valence-electron chi connectivity index (χ1n) is 10.9. The van der Waals surface area contributed by atoms with Crippen LogP contribution in [0, 0.1) is 0 Å². The Kier molecular flexibility index (Phi) is 9.90. The molecule has 0 aliphatic carbocycles. The quantitative estimate of drug-likeness (QED) is 0.428. The van der Waals surface area contributed by atoms with Gasteiger partial charge in [0.1, 0.15) is 18.3 Å². The highest BCUT2D eigenvalue weighted by Crippen LogP contribution is 2.27. The summed E-state index contributed by atoms with van der Waals surface area (Å²) < 4.78 is 6.77. The molecule has 1 aromatic rings. The molecule has 30 heavy (non-hydrogen) atoms. The van der Waals surface area contributed by atoms with E-state index in [1.807, 2.05) is 0 Å². The molecule has 0 amide bonds. The fourth-order valence-corrected chi connectivity index (χ4v) is 3.72. The highest BCUT2D eigenvalue weighted by Gasteiger charge is 2.44. The molecule has 2 rings (SSSR count). The second-order valence-corrected chi connectivity index (χ2v) is 7.88. The second kappa shape index (κ2) is 12.1. The van der Waals surface area contributed by atoms with Gasteiger partial charge in [-0.25, -0.2) is 4.79 Å². The van der Waals surface area contributed by atoms with Crippen LogP contribution < -0.4 is 11.2 Å². The van der Waals surface area contributed by atoms with Gasteiger partial charge in [-0.05, 0) is 6.42 Å². The van der Waals surface area contributed by atoms with Gasteiger partial charge in [-0.15, -0.1) is 0 Å². The van der Waals surface area contributed by atoms with Gasteiger partial charge in [0.15, 0.2) is 6.23 Å². The van der Waals surface area contributed by atoms with Crippen molar-refractivity contribution in [1.82, 2.24) is 9.13 Å². The fraction of sp³-hybridized carbons (Fsp3) is 0.762. The molecule has 0 saturated carbocycles. The molecule has 170 valence electrons. The molecular weight excluding hydrogens is 392 g/mol. The summed E-state index contributed by atoms with van der Waals surface area (Å²) in [5, 5.41) is 29.2. The van der Waals surface area contributed by atoms with Crippen molar-refractivity contribution in [3.63, 3.8) is 0 Å². The summed E-state index contributed by atoms with van der Waals surface area (Å²) in [6.07, 6.45) is 5.69. The molecule has 1 aromatic heterocycles. The maximum atomic E-state index is 12.7. The van der Waals surface area contributed by atoms with Gasteiger partial charge in [0.05, 0.1) is 6.61 Å². The van der Waals surface area contributed by atoms with Crippen molar-refractivity contribution < 1.29 is 24.9 Å². The van der Waals surface area contributed by atoms with Crippen LogP contribution in [0.3, 0.4) is 0 Å². The minimum atomic E-state index is -1.47. The number of carbonyl (C=O) groups is 1. The average molecular weight is 427 g/mol. The van der Waals surface area contributed by atoms with E-state index in [2.05, 4.69) is 6.92 Å². The van der Waals surface area contributed by atoms with Crippen LogP contribution in [0.2, 0.25) is 0 Å². The SMILES string of the molecule is CCCCCCCCCCCC(=O)n1c(=O)ccn([C@@H]2O[C@H](CO)[C@@H](O)[C@H]2O)c1=O. The number of carbonyl (C=O) groups excluding carboxylic acids is 1. The summed E-state index contributed by atoms with van der Waals surface area (Å²) in [5.74, 6) is -0.603. The van der Waals surface area contributed by atoms with E-state index in [1.54, 1.807) is 0 Å². The first-order chi connectivity index (χ1) is 14.4. The van der Waals surface area contributed by atoms with Crippen molar-refractivity contribution in [1.29, 1.82) is 0 Å². The van der Waals surface area contributed by atoms with Crippen LogP contribution in [-0.2, 0) is 4.74 Å². The summed E-state index contributed by atoms with van der Waals surface area (Å²) in [4.78, 5) is 37.3. The number of aliphatic hydroxyl groups excluding tert-OH is 3. The Balaban J connectivity index is 1.93. The summed E-state index contributed by atoms with van der Waals surface area (Å²) in [5.41, 5.74) is -1.68. The summed E-state index contributed by atoms with van der Waals surface area (Å²) >= 11 is 0. The largest absolute Gasteiger partial charge is 0.394 e. The number of nitrogens with zero attached hydrogens (tertiary/aromatic N) is 2. The molecule has 9 heteroatoms. The van der Waals surface area contributed by atoms with Crippen LogP contribution in [0.5, 0.6) is 0 Å². The van der Waals surface area contributed by atoms with E-state index < -0.39 is 48.3 Å². The van der Waals surface area contributed by atoms with Crippen molar-refractivity contribution in [2.24, 2.45) is 0 Å². The molecule has 1 saturated heterocycles. The van der Waals surface area contributed by atoms with Gasteiger partial charge in [0.2, 0.25) is 5.91 Å². The van der Waals surface area contributed by atoms with Crippen LogP contribution in [0.4, 0.5) is 0 Å². The van der Waals surface area contributed by atoms with Crippen LogP contribution in [0.25, 0.3) is 0 Å². The Morgan fingerprint density at radius 1 is 1.00 bits per heavy atom. The van der Waals surface area contributed by atoms with Crippen LogP contribution in [0.1, 0.15) is 82.2 Å². The van der Waals surface area contributed by atoms with Gasteiger partial charge >= 0.3 is 5.69 Å². The molecule has 1 fully saturated rings. The third-order valence-corrected chi connectivity index (χ3v) is 5.55. The van der Waals surface area contributed by atoms with Crippen molar-refractivity contribution in [2.75, 3.05) is 6.61 Å². The summed E-state index contributed by atoms with van der Waals surface area (Å²) in [7, 11) is 0. The second-order valence-electron chi connectivity index (χ2n) is 7.88. The van der Waals surface area contributed by atoms with E-state index in [1.165, 1.54) is 32.1 Å². The molecular formula is C21H34N2O7. The standard InChI is InChI=1S/C21H34N2O7/c1-2-3-4-5-6-7-8-9-10-11-16(25)23-17(26)12-13-22(21(23)29)20-19(28)18(27)15(14-24)30-20/h12-13,15,18-20,24,27-28H,2-11,14H2,1H3/t15-,18-,19-,20-/m1/s1. The normalized spacial score (nSPS) is 23.7. The molecule has 1 aliphatic rings. The van der Waals surface area contributed by atoms with Crippen molar-refractivity contribution in [3.8, 4) is 0 Å². The minimum absolute atomic E-state index is 0.0744. The van der Waals surface area contributed by atoms with Crippen molar-refractivity contribution >= 4 is 5.91 Å². The van der Waals surface area contributed by atoms with E-state index in [9.17, 15) is 29.7 Å². The molecule has 0 unspecified atom stereocenters. The monoisotopic (exact) mass is 426 g/mol. The molecule has 1 aliphatic heterocycles. The highest BCUT2D eigenvalue weighted by molar-refractivity contribution is 5.78. The number of aromatic nitrogens is 2. The lowest BCUT2D eigenvalue weighted by Crippen LogP contribution is -2.45. The third-order valence-electron chi connectivity index (χ3n) is 5.55. The zero-order valence-electron chi connectivity index (χ0n) is 17.6. The predicted molar refractivity (Wildman–Crippen MR) is 110 cm³/mol. The maximum absolute atomic E-state index is 12.7. The average Bonchev–Trinajstić information content (AvgIpc) is 3.01. The Bertz CT molecular complexity index is 788. The smallest absolute Gasteiger partial charge is 0.340 e. The molecule has 0 spiro atoms. The Morgan fingerprint density at radius 3 is 2.17 bits per heavy atom. The molecule has 2 heterocycles. The lowest BCUT2D eigenvalue weighted by molar-refractivity contribution is -0.0554. The third kappa shape index (κ3) is 6.10. The summed E-state index contributed by atoms with van der Waals surface area (Å²) in [6, 6.07) is 1.05. The minimum Gasteiger partial charge on any atom is -0.394 e. The van der Waals surface area contributed by atoms with Gasteiger partial charge in [0.25, 0.3) is 5.56 Å². The number of aliphatic hydroxyl groups is 3. The van der Waals surface area contributed by atoms with E-state index in [4.69, 9.17) is 4.74 Å². The van der Waals surface area contributed by atoms with Crippen LogP contribution in [-0.4, -0.2) is 55.3 Å². The molecule has 0 radical (unpaired) electrons. The summed E-state index contributed by atoms with van der Waals surface area (Å²) in [6.45, 7) is 1.64. The van der Waals surface area contributed by atoms with Gasteiger partial charge < -0.3 is 20.1 Å². The number of hydrogen-bond acceptors (Lipinski definition) is 7. The van der Waals surface area contributed by atoms with Crippen molar-refractivity contribution in [2.45, 2.75) is 95.7 Å². The van der Waals surface area contributed by atoms with E-state index in [-0.39, 0.29) is 6.42 Å². The lowest BCUT2D eigenvalue weighted by atomic mass is 10.1. The van der Waals surface area contributed by atoms with Gasteiger partial charge in [-0.1, -0.05) is 58.3 Å². The first kappa shape index (κ1) is 24.5.